The lowest BCUT2D eigenvalue weighted by molar-refractivity contribution is -0.279. The number of nitrogens with zero attached hydrogens (tertiary/aromatic N) is 1. The molecule has 0 aliphatic carbocycles. The van der Waals surface area contributed by atoms with E-state index < -0.39 is 35.7 Å². The highest BCUT2D eigenvalue weighted by Gasteiger charge is 2.72. The highest BCUT2D eigenvalue weighted by atomic mass is 19.4. The first-order valence-electron chi connectivity index (χ1n) is 10.3. The predicted molar refractivity (Wildman–Crippen MR) is 112 cm³/mol. The molecule has 10 heteroatoms. The summed E-state index contributed by atoms with van der Waals surface area (Å²) in [6.45, 7) is 0.508. The molecule has 33 heavy (non-hydrogen) atoms. The van der Waals surface area contributed by atoms with Crippen LogP contribution >= 0.6 is 0 Å². The molecular weight excluding hydrogens is 444 g/mol. The number of nitrogens with one attached hydrogen (secondary N) is 1. The summed E-state index contributed by atoms with van der Waals surface area (Å²) in [7, 11) is 2.98. The van der Waals surface area contributed by atoms with Crippen LogP contribution in [-0.2, 0) is 21.6 Å². The van der Waals surface area contributed by atoms with Crippen LogP contribution in [0.2, 0.25) is 0 Å². The Morgan fingerprint density at radius 1 is 1.15 bits per heavy atom. The highest BCUT2D eigenvalue weighted by Crippen LogP contribution is 2.53. The second-order valence-electron chi connectivity index (χ2n) is 8.16. The minimum Gasteiger partial charge on any atom is -0.497 e. The average molecular weight is 468 g/mol. The third-order valence-corrected chi connectivity index (χ3v) is 6.31. The molecule has 2 fully saturated rings. The summed E-state index contributed by atoms with van der Waals surface area (Å²) in [6, 6.07) is 10.4. The molecule has 0 aromatic heterocycles. The molecule has 4 rings (SSSR count). The van der Waals surface area contributed by atoms with Gasteiger partial charge in [-0.2, -0.15) is 13.2 Å². The average Bonchev–Trinajstić information content (AvgIpc) is 3.24. The van der Waals surface area contributed by atoms with Gasteiger partial charge in [-0.15, -0.1) is 0 Å². The summed E-state index contributed by atoms with van der Waals surface area (Å²) in [6.07, 6.45) is -4.78. The van der Waals surface area contributed by atoms with Crippen LogP contribution in [0, 0.1) is 11.7 Å². The summed E-state index contributed by atoms with van der Waals surface area (Å²) < 4.78 is 79.1. The van der Waals surface area contributed by atoms with E-state index in [2.05, 4.69) is 10.3 Å². The van der Waals surface area contributed by atoms with Gasteiger partial charge in [0.25, 0.3) is 6.02 Å². The number of hydrogen-bond donors (Lipinski definition) is 1. The number of alkyl halides is 3. The van der Waals surface area contributed by atoms with Gasteiger partial charge in [-0.25, -0.2) is 9.38 Å². The molecule has 0 amide bonds. The van der Waals surface area contributed by atoms with E-state index >= 15 is 0 Å². The Bertz CT molecular complexity index is 1060. The number of fused-ring (bicyclic) bond motifs is 1. The second-order valence-corrected chi connectivity index (χ2v) is 8.16. The van der Waals surface area contributed by atoms with Crippen LogP contribution in [0.4, 0.5) is 17.6 Å². The molecule has 0 spiro atoms. The van der Waals surface area contributed by atoms with Gasteiger partial charge in [0.1, 0.15) is 17.3 Å². The van der Waals surface area contributed by atoms with Gasteiger partial charge in [0.15, 0.2) is 0 Å². The van der Waals surface area contributed by atoms with Crippen LogP contribution in [0.3, 0.4) is 0 Å². The van der Waals surface area contributed by atoms with E-state index in [0.29, 0.717) is 17.1 Å². The molecule has 3 atom stereocenters. The molecule has 1 N–H and O–H groups in total. The molecule has 2 aromatic rings. The van der Waals surface area contributed by atoms with Crippen LogP contribution in [0.25, 0.3) is 0 Å². The normalized spacial score (nSPS) is 28.1. The van der Waals surface area contributed by atoms with Crippen LogP contribution in [0.15, 0.2) is 47.5 Å². The Balaban J connectivity index is 1.77. The third kappa shape index (κ3) is 3.86. The summed E-state index contributed by atoms with van der Waals surface area (Å²) in [5.74, 6) is -0.853. The van der Waals surface area contributed by atoms with Crippen molar-refractivity contribution in [1.82, 2.24) is 5.32 Å². The number of methoxy groups -OCH3 is 2. The Morgan fingerprint density at radius 3 is 2.58 bits per heavy atom. The van der Waals surface area contributed by atoms with Gasteiger partial charge >= 0.3 is 6.18 Å². The van der Waals surface area contributed by atoms with Crippen molar-refractivity contribution in [2.45, 2.75) is 30.8 Å². The maximum Gasteiger partial charge on any atom is 0.431 e. The topological polar surface area (TPSA) is 61.3 Å². The van der Waals surface area contributed by atoms with E-state index in [1.54, 1.807) is 24.3 Å². The summed E-state index contributed by atoms with van der Waals surface area (Å²) in [5, 5.41) is 2.93. The first kappa shape index (κ1) is 23.2. The zero-order chi connectivity index (χ0) is 23.9. The van der Waals surface area contributed by atoms with E-state index in [0.717, 1.165) is 0 Å². The van der Waals surface area contributed by atoms with Gasteiger partial charge in [-0.1, -0.05) is 18.2 Å². The number of halogens is 4. The Hall–Kier alpha value is -3.01. The molecule has 0 bridgehead atoms. The predicted octanol–water partition coefficient (Wildman–Crippen LogP) is 4.18. The van der Waals surface area contributed by atoms with Crippen molar-refractivity contribution in [2.24, 2.45) is 10.9 Å². The lowest BCUT2D eigenvalue weighted by Crippen LogP contribution is -2.69. The molecule has 2 saturated heterocycles. The molecule has 2 heterocycles. The van der Waals surface area contributed by atoms with E-state index in [1.165, 1.54) is 39.3 Å². The second kappa shape index (κ2) is 8.40. The smallest absolute Gasteiger partial charge is 0.431 e. The van der Waals surface area contributed by atoms with E-state index in [9.17, 15) is 17.6 Å². The number of benzene rings is 2. The molecule has 2 aliphatic heterocycles. The molecule has 2 aromatic carbocycles. The Kier molecular flexibility index (Phi) is 5.90. The molecule has 6 nitrogen and oxygen atoms in total. The number of ether oxygens (including phenoxy) is 4. The minimum atomic E-state index is -4.78. The van der Waals surface area contributed by atoms with Gasteiger partial charge in [-0.05, 0) is 25.1 Å². The van der Waals surface area contributed by atoms with Crippen LogP contribution in [-0.4, -0.2) is 45.2 Å². The van der Waals surface area contributed by atoms with Gasteiger partial charge in [0, 0.05) is 17.2 Å². The highest BCUT2D eigenvalue weighted by molar-refractivity contribution is 5.77. The number of aliphatic imine (C=N–C) groups is 1. The maximum atomic E-state index is 14.8. The van der Waals surface area contributed by atoms with E-state index in [4.69, 9.17) is 18.9 Å². The minimum absolute atomic E-state index is 0.0394. The Morgan fingerprint density at radius 2 is 1.91 bits per heavy atom. The fourth-order valence-electron chi connectivity index (χ4n) is 4.49. The fraction of sp³-hybridized carbons (Fsp3) is 0.435. The number of rotatable bonds is 5. The summed E-state index contributed by atoms with van der Waals surface area (Å²) in [4.78, 5) is 4.27. The van der Waals surface area contributed by atoms with Crippen molar-refractivity contribution in [3.63, 3.8) is 0 Å². The molecule has 0 saturated carbocycles. The quantitative estimate of drug-likeness (QED) is 0.668. The van der Waals surface area contributed by atoms with Crippen molar-refractivity contribution < 1.29 is 36.5 Å². The SMILES string of the molecule is COc1ccc(CN=C2N[C@](C)(c3ccccc3F)[C@H]3COC[C@@]3(C(F)(F)F)O2)c(OC)c1. The molecule has 0 unspecified atom stereocenters. The first-order valence-corrected chi connectivity index (χ1v) is 10.3. The van der Waals surface area contributed by atoms with Gasteiger partial charge in [0.2, 0.25) is 5.60 Å². The summed E-state index contributed by atoms with van der Waals surface area (Å²) >= 11 is 0. The van der Waals surface area contributed by atoms with Crippen molar-refractivity contribution in [3.05, 3.63) is 59.4 Å². The molecule has 178 valence electrons. The summed E-state index contributed by atoms with van der Waals surface area (Å²) in [5.41, 5.74) is -3.47. The zero-order valence-corrected chi connectivity index (χ0v) is 18.3. The van der Waals surface area contributed by atoms with Crippen LogP contribution in [0.1, 0.15) is 18.1 Å². The van der Waals surface area contributed by atoms with Gasteiger partial charge < -0.3 is 24.3 Å². The lowest BCUT2D eigenvalue weighted by atomic mass is 9.70. The van der Waals surface area contributed by atoms with Gasteiger partial charge in [0.05, 0.1) is 45.4 Å². The van der Waals surface area contributed by atoms with E-state index in [1.807, 2.05) is 0 Å². The van der Waals surface area contributed by atoms with Crippen molar-refractivity contribution >= 4 is 6.02 Å². The van der Waals surface area contributed by atoms with Crippen molar-refractivity contribution in [3.8, 4) is 11.5 Å². The molecule has 2 aliphatic rings. The third-order valence-electron chi connectivity index (χ3n) is 6.31. The lowest BCUT2D eigenvalue weighted by Gasteiger charge is -2.50. The Labute approximate surface area is 188 Å². The largest absolute Gasteiger partial charge is 0.497 e. The van der Waals surface area contributed by atoms with E-state index in [-0.39, 0.29) is 24.7 Å². The van der Waals surface area contributed by atoms with Crippen LogP contribution < -0.4 is 14.8 Å². The number of amidine groups is 1. The maximum absolute atomic E-state index is 14.8. The van der Waals surface area contributed by atoms with Crippen molar-refractivity contribution in [2.75, 3.05) is 27.4 Å². The number of hydrogen-bond acceptors (Lipinski definition) is 5. The van der Waals surface area contributed by atoms with Crippen molar-refractivity contribution in [1.29, 1.82) is 0 Å². The molecule has 0 radical (unpaired) electrons. The fourth-order valence-corrected chi connectivity index (χ4v) is 4.49. The van der Waals surface area contributed by atoms with Gasteiger partial charge in [-0.3, -0.25) is 0 Å². The zero-order valence-electron chi connectivity index (χ0n) is 18.3. The first-order chi connectivity index (χ1) is 15.6. The standard InChI is InChI=1S/C23H24F4N2O4/c1-21(16-6-4-5-7-17(16)24)19-12-32-13-22(19,23(25,26)27)33-20(29-21)28-11-14-8-9-15(30-2)10-18(14)31-3/h4-10,19H,11-13H2,1-3H3,(H,28,29)/t19-,21-,22-/m1/s1. The molecular formula is C23H24F4N2O4. The monoisotopic (exact) mass is 468 g/mol. The van der Waals surface area contributed by atoms with Crippen LogP contribution in [0.5, 0.6) is 11.5 Å².